The second kappa shape index (κ2) is 7.20. The van der Waals surface area contributed by atoms with Gasteiger partial charge < -0.3 is 9.72 Å². The third-order valence-electron chi connectivity index (χ3n) is 4.25. The van der Waals surface area contributed by atoms with Gasteiger partial charge in [0.15, 0.2) is 0 Å². The molecule has 0 amide bonds. The van der Waals surface area contributed by atoms with Crippen LogP contribution in [0.2, 0.25) is 5.02 Å². The molecule has 0 bridgehead atoms. The largest absolute Gasteiger partial charge is 0.456 e. The lowest BCUT2D eigenvalue weighted by molar-refractivity contribution is 0.469. The highest BCUT2D eigenvalue weighted by atomic mass is 35.5. The van der Waals surface area contributed by atoms with E-state index < -0.39 is 5.82 Å². The van der Waals surface area contributed by atoms with Gasteiger partial charge in [-0.05, 0) is 53.3 Å². The normalized spacial score (nSPS) is 11.5. The van der Waals surface area contributed by atoms with E-state index in [1.807, 2.05) is 45.9 Å². The molecule has 0 aliphatic carbocycles. The molecule has 0 saturated carbocycles. The zero-order chi connectivity index (χ0) is 19.8. The average Bonchev–Trinajstić information content (AvgIpc) is 2.58. The van der Waals surface area contributed by atoms with Gasteiger partial charge in [-0.3, -0.25) is 4.79 Å². The number of pyridine rings is 1. The highest BCUT2D eigenvalue weighted by Gasteiger charge is 2.22. The summed E-state index contributed by atoms with van der Waals surface area (Å²) in [6.45, 7) is 7.62. The lowest BCUT2D eigenvalue weighted by Gasteiger charge is -2.21. The Kier molecular flexibility index (Phi) is 5.11. The Balaban J connectivity index is 1.87. The van der Waals surface area contributed by atoms with Gasteiger partial charge in [0.25, 0.3) is 0 Å². The van der Waals surface area contributed by atoms with Crippen molar-refractivity contribution in [1.29, 1.82) is 0 Å². The van der Waals surface area contributed by atoms with Crippen molar-refractivity contribution in [2.75, 3.05) is 0 Å². The molecule has 140 valence electrons. The molecule has 0 spiro atoms. The van der Waals surface area contributed by atoms with Crippen molar-refractivity contribution in [1.82, 2.24) is 4.98 Å². The molecule has 3 aromatic rings. The van der Waals surface area contributed by atoms with Crippen LogP contribution in [0.25, 0.3) is 11.1 Å². The number of aryl methyl sites for hydroxylation is 1. The number of halogens is 2. The number of hydrogen-bond acceptors (Lipinski definition) is 2. The van der Waals surface area contributed by atoms with Crippen LogP contribution in [0, 0.1) is 12.7 Å². The van der Waals surface area contributed by atoms with Gasteiger partial charge in [-0.1, -0.05) is 50.6 Å². The van der Waals surface area contributed by atoms with E-state index >= 15 is 0 Å². The molecule has 0 unspecified atom stereocenters. The van der Waals surface area contributed by atoms with Crippen molar-refractivity contribution >= 4 is 11.6 Å². The summed E-state index contributed by atoms with van der Waals surface area (Å²) < 4.78 is 20.3. The summed E-state index contributed by atoms with van der Waals surface area (Å²) >= 11 is 6.18. The van der Waals surface area contributed by atoms with Gasteiger partial charge in [-0.25, -0.2) is 4.39 Å². The summed E-state index contributed by atoms with van der Waals surface area (Å²) in [5.41, 5.74) is 2.54. The number of hydrogen-bond donors (Lipinski definition) is 1. The monoisotopic (exact) mass is 385 g/mol. The second-order valence-electron chi connectivity index (χ2n) is 7.53. The van der Waals surface area contributed by atoms with E-state index in [-0.39, 0.29) is 21.7 Å². The van der Waals surface area contributed by atoms with Crippen molar-refractivity contribution in [3.8, 4) is 22.6 Å². The first-order valence-corrected chi connectivity index (χ1v) is 9.01. The number of nitrogens with one attached hydrogen (secondary N) is 1. The van der Waals surface area contributed by atoms with Gasteiger partial charge >= 0.3 is 0 Å². The second-order valence-corrected chi connectivity index (χ2v) is 7.91. The summed E-state index contributed by atoms with van der Waals surface area (Å²) in [5.74, 6) is 0.337. The summed E-state index contributed by atoms with van der Waals surface area (Å²) in [6, 6.07) is 14.0. The molecule has 27 heavy (non-hydrogen) atoms. The highest BCUT2D eigenvalue weighted by Crippen LogP contribution is 2.37. The van der Waals surface area contributed by atoms with E-state index in [1.54, 1.807) is 30.3 Å². The van der Waals surface area contributed by atoms with Gasteiger partial charge in [0.1, 0.15) is 22.3 Å². The SMILES string of the molecule is Cc1cc(-c2ccc(Oc3ccc(C(C)(C)C)c(F)c3Cl)cc2)cc(=O)[nH]1. The topological polar surface area (TPSA) is 42.1 Å². The molecule has 0 aliphatic heterocycles. The Labute approximate surface area is 162 Å². The molecule has 3 rings (SSSR count). The maximum Gasteiger partial charge on any atom is 0.248 e. The Morgan fingerprint density at radius 3 is 2.26 bits per heavy atom. The fourth-order valence-electron chi connectivity index (χ4n) is 2.88. The van der Waals surface area contributed by atoms with Crippen molar-refractivity contribution in [2.24, 2.45) is 0 Å². The summed E-state index contributed by atoms with van der Waals surface area (Å²) in [7, 11) is 0. The minimum Gasteiger partial charge on any atom is -0.456 e. The maximum absolute atomic E-state index is 14.6. The molecule has 0 aliphatic rings. The van der Waals surface area contributed by atoms with Crippen LogP contribution in [0.1, 0.15) is 32.0 Å². The lowest BCUT2D eigenvalue weighted by Crippen LogP contribution is -2.13. The third-order valence-corrected chi connectivity index (χ3v) is 4.60. The molecule has 1 N–H and O–H groups in total. The number of ether oxygens (including phenoxy) is 1. The molecule has 0 atom stereocenters. The molecular formula is C22H21ClFNO2. The van der Waals surface area contributed by atoms with Crippen molar-refractivity contribution in [3.05, 3.63) is 81.0 Å². The summed E-state index contributed by atoms with van der Waals surface area (Å²) in [6.07, 6.45) is 0. The van der Waals surface area contributed by atoms with Gasteiger partial charge in [-0.15, -0.1) is 0 Å². The van der Waals surface area contributed by atoms with Crippen LogP contribution in [-0.4, -0.2) is 4.98 Å². The van der Waals surface area contributed by atoms with Crippen LogP contribution in [0.4, 0.5) is 4.39 Å². The number of aromatic amines is 1. The average molecular weight is 386 g/mol. The fraction of sp³-hybridized carbons (Fsp3) is 0.227. The zero-order valence-corrected chi connectivity index (χ0v) is 16.4. The Morgan fingerprint density at radius 2 is 1.67 bits per heavy atom. The minimum absolute atomic E-state index is 0.0308. The first-order valence-electron chi connectivity index (χ1n) is 8.63. The van der Waals surface area contributed by atoms with Crippen molar-refractivity contribution < 1.29 is 9.13 Å². The maximum atomic E-state index is 14.6. The first-order chi connectivity index (χ1) is 12.6. The predicted molar refractivity (Wildman–Crippen MR) is 107 cm³/mol. The van der Waals surface area contributed by atoms with Gasteiger partial charge in [0.05, 0.1) is 0 Å². The first kappa shape index (κ1) is 19.2. The number of rotatable bonds is 3. The molecule has 1 aromatic heterocycles. The summed E-state index contributed by atoms with van der Waals surface area (Å²) in [4.78, 5) is 14.3. The van der Waals surface area contributed by atoms with Crippen molar-refractivity contribution in [3.63, 3.8) is 0 Å². The summed E-state index contributed by atoms with van der Waals surface area (Å²) in [5, 5.41) is -0.0308. The van der Waals surface area contributed by atoms with Crippen LogP contribution >= 0.6 is 11.6 Å². The molecule has 5 heteroatoms. The quantitative estimate of drug-likeness (QED) is 0.580. The lowest BCUT2D eigenvalue weighted by atomic mass is 9.86. The Morgan fingerprint density at radius 1 is 1.00 bits per heavy atom. The fourth-order valence-corrected chi connectivity index (χ4v) is 3.08. The molecule has 0 saturated heterocycles. The van der Waals surface area contributed by atoms with Crippen LogP contribution in [0.15, 0.2) is 53.3 Å². The van der Waals surface area contributed by atoms with E-state index in [9.17, 15) is 9.18 Å². The van der Waals surface area contributed by atoms with Crippen LogP contribution in [0.5, 0.6) is 11.5 Å². The standard InChI is InChI=1S/C22H21ClFNO2/c1-13-11-15(12-19(26)25-13)14-5-7-16(8-6-14)27-18-10-9-17(22(2,3)4)21(24)20(18)23/h5-12H,1-4H3,(H,25,26). The van der Waals surface area contributed by atoms with E-state index in [2.05, 4.69) is 4.98 Å². The predicted octanol–water partition coefficient (Wildman–Crippen LogP) is 6.23. The van der Waals surface area contributed by atoms with Crippen LogP contribution in [-0.2, 0) is 5.41 Å². The third kappa shape index (κ3) is 4.22. The highest BCUT2D eigenvalue weighted by molar-refractivity contribution is 6.32. The van der Waals surface area contributed by atoms with Crippen LogP contribution in [0.3, 0.4) is 0 Å². The van der Waals surface area contributed by atoms with Crippen molar-refractivity contribution in [2.45, 2.75) is 33.1 Å². The Hall–Kier alpha value is -2.59. The minimum atomic E-state index is -0.461. The number of H-pyrrole nitrogens is 1. The molecule has 0 radical (unpaired) electrons. The van der Waals surface area contributed by atoms with E-state index in [0.717, 1.165) is 16.8 Å². The Bertz CT molecular complexity index is 1030. The van der Waals surface area contributed by atoms with Gasteiger partial charge in [0, 0.05) is 11.8 Å². The number of benzene rings is 2. The molecular weight excluding hydrogens is 365 g/mol. The van der Waals surface area contributed by atoms with Gasteiger partial charge in [-0.2, -0.15) is 0 Å². The van der Waals surface area contributed by atoms with Crippen LogP contribution < -0.4 is 10.3 Å². The zero-order valence-electron chi connectivity index (χ0n) is 15.7. The molecule has 1 heterocycles. The smallest absolute Gasteiger partial charge is 0.248 e. The molecule has 3 nitrogen and oxygen atoms in total. The molecule has 2 aromatic carbocycles. The van der Waals surface area contributed by atoms with E-state index in [0.29, 0.717) is 11.3 Å². The van der Waals surface area contributed by atoms with Gasteiger partial charge in [0.2, 0.25) is 5.56 Å². The number of aromatic nitrogens is 1. The van der Waals surface area contributed by atoms with E-state index in [4.69, 9.17) is 16.3 Å². The van der Waals surface area contributed by atoms with E-state index in [1.165, 1.54) is 0 Å². The molecule has 0 fully saturated rings.